The smallest absolute Gasteiger partial charge is 0.387 e. The second-order valence-electron chi connectivity index (χ2n) is 5.37. The number of amides is 1. The molecule has 0 aliphatic rings. The standard InChI is InChI=1S/C19H18BrF2NO3/c1-12(13-6-9-15(20)10-7-13)23-17(24)11-8-14-4-3-5-16(25-2)18(14)26-19(21)22/h3-12,19H,1-2H3,(H,23,24)/b11-8+. The van der Waals surface area contributed by atoms with Gasteiger partial charge in [0.1, 0.15) is 0 Å². The third-order valence-electron chi connectivity index (χ3n) is 3.58. The van der Waals surface area contributed by atoms with Gasteiger partial charge in [-0.3, -0.25) is 4.79 Å². The molecular weight excluding hydrogens is 408 g/mol. The number of nitrogens with one attached hydrogen (secondary N) is 1. The molecule has 0 saturated heterocycles. The van der Waals surface area contributed by atoms with Gasteiger partial charge in [-0.05, 0) is 36.8 Å². The van der Waals surface area contributed by atoms with E-state index in [1.54, 1.807) is 12.1 Å². The lowest BCUT2D eigenvalue weighted by atomic mass is 10.1. The second kappa shape index (κ2) is 9.33. The minimum absolute atomic E-state index is 0.116. The summed E-state index contributed by atoms with van der Waals surface area (Å²) in [6.07, 6.45) is 2.67. The number of carbonyl (C=O) groups is 1. The predicted octanol–water partition coefficient (Wildman–Crippen LogP) is 4.95. The van der Waals surface area contributed by atoms with Crippen LogP contribution in [0.25, 0.3) is 6.08 Å². The average Bonchev–Trinajstić information content (AvgIpc) is 2.60. The highest BCUT2D eigenvalue weighted by molar-refractivity contribution is 9.10. The van der Waals surface area contributed by atoms with Gasteiger partial charge in [0.2, 0.25) is 5.91 Å². The van der Waals surface area contributed by atoms with Crippen LogP contribution in [0.3, 0.4) is 0 Å². The summed E-state index contributed by atoms with van der Waals surface area (Å²) in [7, 11) is 1.35. The van der Waals surface area contributed by atoms with Crippen molar-refractivity contribution in [1.82, 2.24) is 5.32 Å². The molecule has 26 heavy (non-hydrogen) atoms. The van der Waals surface area contributed by atoms with Gasteiger partial charge in [0.15, 0.2) is 11.5 Å². The lowest BCUT2D eigenvalue weighted by Crippen LogP contribution is -2.24. The Hall–Kier alpha value is -2.41. The van der Waals surface area contributed by atoms with Gasteiger partial charge in [0.05, 0.1) is 13.2 Å². The van der Waals surface area contributed by atoms with Crippen molar-refractivity contribution in [3.05, 3.63) is 64.1 Å². The molecule has 1 amide bonds. The van der Waals surface area contributed by atoms with Crippen molar-refractivity contribution in [2.45, 2.75) is 19.6 Å². The van der Waals surface area contributed by atoms with Gasteiger partial charge >= 0.3 is 6.61 Å². The number of rotatable bonds is 7. The van der Waals surface area contributed by atoms with E-state index in [1.165, 1.54) is 25.3 Å². The summed E-state index contributed by atoms with van der Waals surface area (Å²) in [5.41, 5.74) is 1.26. The number of para-hydroxylation sites is 1. The minimum Gasteiger partial charge on any atom is -0.493 e. The number of carbonyl (C=O) groups excluding carboxylic acids is 1. The number of alkyl halides is 2. The van der Waals surface area contributed by atoms with Gasteiger partial charge in [-0.15, -0.1) is 0 Å². The predicted molar refractivity (Wildman–Crippen MR) is 99.4 cm³/mol. The van der Waals surface area contributed by atoms with Crippen LogP contribution in [0.2, 0.25) is 0 Å². The highest BCUT2D eigenvalue weighted by Gasteiger charge is 2.14. The second-order valence-corrected chi connectivity index (χ2v) is 6.29. The fourth-order valence-corrected chi connectivity index (χ4v) is 2.57. The molecule has 138 valence electrons. The maximum atomic E-state index is 12.6. The van der Waals surface area contributed by atoms with E-state index in [1.807, 2.05) is 31.2 Å². The largest absolute Gasteiger partial charge is 0.493 e. The molecule has 0 heterocycles. The topological polar surface area (TPSA) is 47.6 Å². The maximum Gasteiger partial charge on any atom is 0.387 e. The van der Waals surface area contributed by atoms with Crippen molar-refractivity contribution in [3.8, 4) is 11.5 Å². The van der Waals surface area contributed by atoms with Gasteiger partial charge < -0.3 is 14.8 Å². The highest BCUT2D eigenvalue weighted by atomic mass is 79.9. The molecule has 1 N–H and O–H groups in total. The Kier molecular flexibility index (Phi) is 7.15. The van der Waals surface area contributed by atoms with E-state index >= 15 is 0 Å². The Morgan fingerprint density at radius 1 is 1.19 bits per heavy atom. The fourth-order valence-electron chi connectivity index (χ4n) is 2.30. The molecule has 1 unspecified atom stereocenters. The van der Waals surface area contributed by atoms with Crippen molar-refractivity contribution in [1.29, 1.82) is 0 Å². The summed E-state index contributed by atoms with van der Waals surface area (Å²) in [5, 5.41) is 2.81. The SMILES string of the molecule is COc1cccc(/C=C/C(=O)NC(C)c2ccc(Br)cc2)c1OC(F)F. The zero-order valence-electron chi connectivity index (χ0n) is 14.2. The third kappa shape index (κ3) is 5.56. The maximum absolute atomic E-state index is 12.6. The van der Waals surface area contributed by atoms with Crippen LogP contribution in [0.5, 0.6) is 11.5 Å². The molecule has 0 spiro atoms. The molecule has 4 nitrogen and oxygen atoms in total. The first-order chi connectivity index (χ1) is 12.4. The van der Waals surface area contributed by atoms with Crippen LogP contribution >= 0.6 is 15.9 Å². The summed E-state index contributed by atoms with van der Waals surface area (Å²) in [6.45, 7) is -1.14. The summed E-state index contributed by atoms with van der Waals surface area (Å²) >= 11 is 3.36. The molecule has 2 rings (SSSR count). The summed E-state index contributed by atoms with van der Waals surface area (Å²) < 4.78 is 35.7. The van der Waals surface area contributed by atoms with Crippen molar-refractivity contribution >= 4 is 27.9 Å². The van der Waals surface area contributed by atoms with E-state index in [9.17, 15) is 13.6 Å². The monoisotopic (exact) mass is 425 g/mol. The van der Waals surface area contributed by atoms with Crippen LogP contribution in [-0.2, 0) is 4.79 Å². The number of hydrogen-bond acceptors (Lipinski definition) is 3. The van der Waals surface area contributed by atoms with E-state index < -0.39 is 6.61 Å². The summed E-state index contributed by atoms with van der Waals surface area (Å²) in [4.78, 5) is 12.1. The summed E-state index contributed by atoms with van der Waals surface area (Å²) in [6, 6.07) is 12.1. The molecule has 1 atom stereocenters. The van der Waals surface area contributed by atoms with Crippen LogP contribution in [0.1, 0.15) is 24.1 Å². The van der Waals surface area contributed by atoms with Crippen LogP contribution in [0, 0.1) is 0 Å². The fraction of sp³-hybridized carbons (Fsp3) is 0.211. The number of methoxy groups -OCH3 is 1. The number of halogens is 3. The van der Waals surface area contributed by atoms with E-state index in [0.29, 0.717) is 5.56 Å². The first-order valence-corrected chi connectivity index (χ1v) is 8.56. The zero-order valence-corrected chi connectivity index (χ0v) is 15.8. The van der Waals surface area contributed by atoms with E-state index in [4.69, 9.17) is 4.74 Å². The Balaban J connectivity index is 2.11. The molecule has 0 bridgehead atoms. The minimum atomic E-state index is -3.00. The normalized spacial score (nSPS) is 12.2. The molecular formula is C19H18BrF2NO3. The van der Waals surface area contributed by atoms with Crippen molar-refractivity contribution in [3.63, 3.8) is 0 Å². The number of benzene rings is 2. The van der Waals surface area contributed by atoms with E-state index in [-0.39, 0.29) is 23.4 Å². The van der Waals surface area contributed by atoms with Crippen molar-refractivity contribution < 1.29 is 23.0 Å². The van der Waals surface area contributed by atoms with Gasteiger partial charge in [-0.25, -0.2) is 0 Å². The Bertz CT molecular complexity index is 779. The van der Waals surface area contributed by atoms with Gasteiger partial charge in [-0.1, -0.05) is 40.2 Å². The molecule has 7 heteroatoms. The Labute approximate surface area is 158 Å². The van der Waals surface area contributed by atoms with Crippen molar-refractivity contribution in [2.24, 2.45) is 0 Å². The quantitative estimate of drug-likeness (QED) is 0.638. The molecule has 0 aliphatic carbocycles. The molecule has 0 fully saturated rings. The van der Waals surface area contributed by atoms with E-state index in [0.717, 1.165) is 10.0 Å². The van der Waals surface area contributed by atoms with Crippen molar-refractivity contribution in [2.75, 3.05) is 7.11 Å². The highest BCUT2D eigenvalue weighted by Crippen LogP contribution is 2.33. The Morgan fingerprint density at radius 3 is 2.50 bits per heavy atom. The van der Waals surface area contributed by atoms with Gasteiger partial charge in [-0.2, -0.15) is 8.78 Å². The van der Waals surface area contributed by atoms with Crippen LogP contribution < -0.4 is 14.8 Å². The Morgan fingerprint density at radius 2 is 1.88 bits per heavy atom. The first kappa shape index (κ1) is 19.9. The molecule has 0 aromatic heterocycles. The van der Waals surface area contributed by atoms with Gasteiger partial charge in [0.25, 0.3) is 0 Å². The van der Waals surface area contributed by atoms with Crippen LogP contribution in [0.15, 0.2) is 53.0 Å². The molecule has 2 aromatic rings. The average molecular weight is 426 g/mol. The number of hydrogen-bond donors (Lipinski definition) is 1. The lowest BCUT2D eigenvalue weighted by Gasteiger charge is -2.14. The lowest BCUT2D eigenvalue weighted by molar-refractivity contribution is -0.117. The molecule has 2 aromatic carbocycles. The first-order valence-electron chi connectivity index (χ1n) is 7.76. The zero-order chi connectivity index (χ0) is 19.1. The summed E-state index contributed by atoms with van der Waals surface area (Å²) in [5.74, 6) is -0.308. The third-order valence-corrected chi connectivity index (χ3v) is 4.11. The van der Waals surface area contributed by atoms with Crippen LogP contribution in [0.4, 0.5) is 8.78 Å². The molecule has 0 saturated carbocycles. The molecule has 0 radical (unpaired) electrons. The molecule has 0 aliphatic heterocycles. The van der Waals surface area contributed by atoms with E-state index in [2.05, 4.69) is 26.0 Å². The number of ether oxygens (including phenoxy) is 2. The van der Waals surface area contributed by atoms with Gasteiger partial charge in [0, 0.05) is 16.1 Å². The van der Waals surface area contributed by atoms with Crippen LogP contribution in [-0.4, -0.2) is 19.6 Å².